The average molecular weight is 247 g/mol. The van der Waals surface area contributed by atoms with Crippen LogP contribution >= 0.6 is 0 Å². The third-order valence-electron chi connectivity index (χ3n) is 2.48. The standard InChI is InChI=1S/C12H25NO4/c1-10(2)17-12(16)13-7-3-4-11(5-8-14)6-9-15/h10-11,14-15H,3-9H2,1-2H3,(H,13,16). The van der Waals surface area contributed by atoms with Crippen LogP contribution in [0, 0.1) is 5.92 Å². The minimum absolute atomic E-state index is 0.105. The Morgan fingerprint density at radius 3 is 2.24 bits per heavy atom. The van der Waals surface area contributed by atoms with Gasteiger partial charge in [0.15, 0.2) is 0 Å². The summed E-state index contributed by atoms with van der Waals surface area (Å²) in [7, 11) is 0. The molecule has 0 aromatic heterocycles. The summed E-state index contributed by atoms with van der Waals surface area (Å²) in [5.41, 5.74) is 0. The van der Waals surface area contributed by atoms with Crippen LogP contribution in [0.3, 0.4) is 0 Å². The minimum atomic E-state index is -0.388. The Kier molecular flexibility index (Phi) is 9.86. The number of aliphatic hydroxyl groups is 2. The predicted molar refractivity (Wildman–Crippen MR) is 65.7 cm³/mol. The van der Waals surface area contributed by atoms with E-state index in [0.29, 0.717) is 25.3 Å². The van der Waals surface area contributed by atoms with Crippen molar-refractivity contribution in [2.75, 3.05) is 19.8 Å². The van der Waals surface area contributed by atoms with Gasteiger partial charge in [0.1, 0.15) is 0 Å². The van der Waals surface area contributed by atoms with Gasteiger partial charge in [0.05, 0.1) is 6.10 Å². The van der Waals surface area contributed by atoms with Gasteiger partial charge in [-0.05, 0) is 45.4 Å². The highest BCUT2D eigenvalue weighted by atomic mass is 16.6. The molecule has 0 saturated carbocycles. The maximum Gasteiger partial charge on any atom is 0.407 e. The highest BCUT2D eigenvalue weighted by Gasteiger charge is 2.08. The van der Waals surface area contributed by atoms with E-state index >= 15 is 0 Å². The molecular formula is C12H25NO4. The van der Waals surface area contributed by atoms with Crippen LogP contribution in [0.15, 0.2) is 0 Å². The summed E-state index contributed by atoms with van der Waals surface area (Å²) in [6, 6.07) is 0. The number of amides is 1. The first-order valence-electron chi connectivity index (χ1n) is 6.26. The van der Waals surface area contributed by atoms with E-state index < -0.39 is 0 Å². The second-order valence-corrected chi connectivity index (χ2v) is 4.41. The molecule has 5 nitrogen and oxygen atoms in total. The lowest BCUT2D eigenvalue weighted by molar-refractivity contribution is 0.115. The van der Waals surface area contributed by atoms with Crippen LogP contribution < -0.4 is 5.32 Å². The van der Waals surface area contributed by atoms with Crippen LogP contribution in [0.1, 0.15) is 39.5 Å². The lowest BCUT2D eigenvalue weighted by atomic mass is 9.96. The number of carbonyl (C=O) groups excluding carboxylic acids is 1. The van der Waals surface area contributed by atoms with Crippen molar-refractivity contribution in [1.82, 2.24) is 5.32 Å². The van der Waals surface area contributed by atoms with Gasteiger partial charge < -0.3 is 20.3 Å². The SMILES string of the molecule is CC(C)OC(=O)NCCCC(CCO)CCO. The molecule has 0 atom stereocenters. The first-order chi connectivity index (χ1) is 8.10. The predicted octanol–water partition coefficient (Wildman–Crippen LogP) is 1.28. The Balaban J connectivity index is 3.56. The number of rotatable bonds is 9. The van der Waals surface area contributed by atoms with E-state index in [1.807, 2.05) is 0 Å². The molecule has 0 aliphatic heterocycles. The molecular weight excluding hydrogens is 222 g/mol. The Hall–Kier alpha value is -0.810. The van der Waals surface area contributed by atoms with Gasteiger partial charge in [-0.15, -0.1) is 0 Å². The van der Waals surface area contributed by atoms with Crippen molar-refractivity contribution < 1.29 is 19.7 Å². The number of carbonyl (C=O) groups is 1. The van der Waals surface area contributed by atoms with Gasteiger partial charge in [-0.1, -0.05) is 0 Å². The fraction of sp³-hybridized carbons (Fsp3) is 0.917. The van der Waals surface area contributed by atoms with E-state index in [2.05, 4.69) is 5.32 Å². The number of ether oxygens (including phenoxy) is 1. The number of nitrogens with one attached hydrogen (secondary N) is 1. The molecule has 102 valence electrons. The summed E-state index contributed by atoms with van der Waals surface area (Å²) >= 11 is 0. The van der Waals surface area contributed by atoms with Crippen LogP contribution in [-0.2, 0) is 4.74 Å². The van der Waals surface area contributed by atoms with E-state index in [9.17, 15) is 4.79 Å². The third kappa shape index (κ3) is 10.1. The Morgan fingerprint density at radius 2 is 1.76 bits per heavy atom. The van der Waals surface area contributed by atoms with Crippen molar-refractivity contribution in [3.05, 3.63) is 0 Å². The molecule has 0 saturated heterocycles. The van der Waals surface area contributed by atoms with Gasteiger partial charge in [-0.25, -0.2) is 4.79 Å². The third-order valence-corrected chi connectivity index (χ3v) is 2.48. The second-order valence-electron chi connectivity index (χ2n) is 4.41. The zero-order valence-electron chi connectivity index (χ0n) is 10.8. The van der Waals surface area contributed by atoms with E-state index in [-0.39, 0.29) is 25.4 Å². The topological polar surface area (TPSA) is 78.8 Å². The average Bonchev–Trinajstić information content (AvgIpc) is 2.24. The molecule has 0 aliphatic rings. The van der Waals surface area contributed by atoms with Gasteiger partial charge in [0.2, 0.25) is 0 Å². The second kappa shape index (κ2) is 10.4. The fourth-order valence-electron chi connectivity index (χ4n) is 1.64. The van der Waals surface area contributed by atoms with Gasteiger partial charge in [0, 0.05) is 19.8 Å². The van der Waals surface area contributed by atoms with Crippen LogP contribution in [0.4, 0.5) is 4.79 Å². The van der Waals surface area contributed by atoms with E-state index in [1.165, 1.54) is 0 Å². The number of aliphatic hydroxyl groups excluding tert-OH is 2. The van der Waals surface area contributed by atoms with Gasteiger partial charge in [0.25, 0.3) is 0 Å². The normalized spacial score (nSPS) is 10.9. The summed E-state index contributed by atoms with van der Waals surface area (Å²) in [5, 5.41) is 20.3. The Bertz CT molecular complexity index is 191. The molecule has 0 fully saturated rings. The molecule has 0 aliphatic carbocycles. The van der Waals surface area contributed by atoms with Crippen molar-refractivity contribution in [2.45, 2.75) is 45.6 Å². The molecule has 17 heavy (non-hydrogen) atoms. The highest BCUT2D eigenvalue weighted by Crippen LogP contribution is 2.14. The van der Waals surface area contributed by atoms with Crippen molar-refractivity contribution in [3.8, 4) is 0 Å². The van der Waals surface area contributed by atoms with Gasteiger partial charge in [-0.2, -0.15) is 0 Å². The van der Waals surface area contributed by atoms with E-state index in [4.69, 9.17) is 14.9 Å². The summed E-state index contributed by atoms with van der Waals surface area (Å²) in [5.74, 6) is 0.327. The molecule has 0 rings (SSSR count). The van der Waals surface area contributed by atoms with Crippen LogP contribution in [0.25, 0.3) is 0 Å². The summed E-state index contributed by atoms with van der Waals surface area (Å²) < 4.78 is 4.92. The highest BCUT2D eigenvalue weighted by molar-refractivity contribution is 5.67. The quantitative estimate of drug-likeness (QED) is 0.536. The summed E-state index contributed by atoms with van der Waals surface area (Å²) in [4.78, 5) is 11.1. The molecule has 0 spiro atoms. The Morgan fingerprint density at radius 1 is 1.18 bits per heavy atom. The van der Waals surface area contributed by atoms with Gasteiger partial charge >= 0.3 is 6.09 Å². The molecule has 0 radical (unpaired) electrons. The fourth-order valence-corrected chi connectivity index (χ4v) is 1.64. The van der Waals surface area contributed by atoms with E-state index in [1.54, 1.807) is 13.8 Å². The van der Waals surface area contributed by atoms with Crippen LogP contribution in [0.2, 0.25) is 0 Å². The van der Waals surface area contributed by atoms with Crippen molar-refractivity contribution in [1.29, 1.82) is 0 Å². The van der Waals surface area contributed by atoms with Crippen molar-refractivity contribution in [3.63, 3.8) is 0 Å². The number of alkyl carbamates (subject to hydrolysis) is 1. The molecule has 0 bridgehead atoms. The van der Waals surface area contributed by atoms with Crippen molar-refractivity contribution >= 4 is 6.09 Å². The Labute approximate surface area is 103 Å². The smallest absolute Gasteiger partial charge is 0.407 e. The maximum atomic E-state index is 11.1. The lowest BCUT2D eigenvalue weighted by Gasteiger charge is -2.14. The maximum absolute atomic E-state index is 11.1. The monoisotopic (exact) mass is 247 g/mol. The first kappa shape index (κ1) is 16.2. The zero-order chi connectivity index (χ0) is 13.1. The lowest BCUT2D eigenvalue weighted by Crippen LogP contribution is -2.28. The van der Waals surface area contributed by atoms with E-state index in [0.717, 1.165) is 12.8 Å². The van der Waals surface area contributed by atoms with Gasteiger partial charge in [-0.3, -0.25) is 0 Å². The van der Waals surface area contributed by atoms with Crippen LogP contribution in [-0.4, -0.2) is 42.2 Å². The largest absolute Gasteiger partial charge is 0.447 e. The first-order valence-corrected chi connectivity index (χ1v) is 6.26. The summed E-state index contributed by atoms with van der Waals surface area (Å²) in [6.45, 7) is 4.47. The summed E-state index contributed by atoms with van der Waals surface area (Å²) in [6.07, 6.45) is 2.64. The molecule has 1 amide bonds. The molecule has 3 N–H and O–H groups in total. The minimum Gasteiger partial charge on any atom is -0.447 e. The molecule has 0 unspecified atom stereocenters. The molecule has 0 aromatic carbocycles. The van der Waals surface area contributed by atoms with Crippen LogP contribution in [0.5, 0.6) is 0 Å². The number of hydrogen-bond acceptors (Lipinski definition) is 4. The number of hydrogen-bond donors (Lipinski definition) is 3. The molecule has 0 aromatic rings. The zero-order valence-corrected chi connectivity index (χ0v) is 10.8. The molecule has 0 heterocycles. The molecule has 5 heteroatoms. The van der Waals surface area contributed by atoms with Crippen molar-refractivity contribution in [2.24, 2.45) is 5.92 Å².